The van der Waals surface area contributed by atoms with E-state index >= 15 is 0 Å². The Morgan fingerprint density at radius 3 is 2.95 bits per heavy atom. The van der Waals surface area contributed by atoms with Crippen molar-refractivity contribution in [2.45, 2.75) is 38.0 Å². The molecule has 1 fully saturated rings. The smallest absolute Gasteiger partial charge is 0.231 e. The molecule has 2 aliphatic heterocycles. The maximum Gasteiger partial charge on any atom is 0.231 e. The van der Waals surface area contributed by atoms with Crippen LogP contribution in [-0.2, 0) is 17.6 Å². The fraction of sp³-hybridized carbons (Fsp3) is 0.412. The van der Waals surface area contributed by atoms with Crippen molar-refractivity contribution in [3.63, 3.8) is 0 Å². The summed E-state index contributed by atoms with van der Waals surface area (Å²) in [6.45, 7) is 0.890. The number of anilines is 1. The van der Waals surface area contributed by atoms with Gasteiger partial charge < -0.3 is 4.90 Å². The highest BCUT2D eigenvalue weighted by molar-refractivity contribution is 7.10. The Morgan fingerprint density at radius 1 is 1.24 bits per heavy atom. The van der Waals surface area contributed by atoms with Gasteiger partial charge in [0.1, 0.15) is 0 Å². The summed E-state index contributed by atoms with van der Waals surface area (Å²) >= 11 is 1.79. The molecule has 3 aliphatic rings. The Hall–Kier alpha value is -1.68. The Kier molecular flexibility index (Phi) is 2.37. The summed E-state index contributed by atoms with van der Waals surface area (Å²) in [5.41, 5.74) is 6.03. The van der Waals surface area contributed by atoms with Gasteiger partial charge in [0, 0.05) is 23.4 Å². The number of amides is 1. The molecule has 1 saturated carbocycles. The average molecular weight is 296 g/mol. The minimum Gasteiger partial charge on any atom is -0.312 e. The van der Waals surface area contributed by atoms with Crippen LogP contribution in [0, 0.1) is 0 Å². The Bertz CT molecular complexity index is 760. The second-order valence-corrected chi connectivity index (χ2v) is 7.20. The molecule has 1 aromatic carbocycles. The van der Waals surface area contributed by atoms with Crippen LogP contribution in [0.15, 0.2) is 17.5 Å². The lowest BCUT2D eigenvalue weighted by Gasteiger charge is -2.25. The van der Waals surface area contributed by atoms with Crippen LogP contribution in [-0.4, -0.2) is 17.4 Å². The molecular formula is C17H16N2OS. The second kappa shape index (κ2) is 4.17. The Morgan fingerprint density at radius 2 is 2.10 bits per heavy atom. The van der Waals surface area contributed by atoms with E-state index in [1.165, 1.54) is 40.2 Å². The summed E-state index contributed by atoms with van der Waals surface area (Å²) in [5, 5.41) is 3.47. The first-order valence-electron chi connectivity index (χ1n) is 7.71. The fourth-order valence-electron chi connectivity index (χ4n) is 3.57. The zero-order valence-corrected chi connectivity index (χ0v) is 12.6. The minimum absolute atomic E-state index is 0.264. The minimum atomic E-state index is 0.264. The standard InChI is InChI=1S/C17H16N2OS/c20-15-8-13-7-12(6-11-2-1-5-19(15)16(11)13)14-9-21-17(18-14)10-3-4-10/h6-7,9-10H,1-5,8H2. The first kappa shape index (κ1) is 11.9. The third kappa shape index (κ3) is 1.78. The van der Waals surface area contributed by atoms with Crippen LogP contribution < -0.4 is 4.90 Å². The van der Waals surface area contributed by atoms with Gasteiger partial charge in [0.25, 0.3) is 0 Å². The van der Waals surface area contributed by atoms with E-state index in [1.807, 2.05) is 4.90 Å². The third-order valence-electron chi connectivity index (χ3n) is 4.75. The molecule has 0 bridgehead atoms. The zero-order valence-electron chi connectivity index (χ0n) is 11.8. The van der Waals surface area contributed by atoms with Crippen LogP contribution in [0.25, 0.3) is 11.3 Å². The van der Waals surface area contributed by atoms with Crippen molar-refractivity contribution in [3.05, 3.63) is 33.6 Å². The monoisotopic (exact) mass is 296 g/mol. The van der Waals surface area contributed by atoms with Crippen LogP contribution in [0.4, 0.5) is 5.69 Å². The number of carbonyl (C=O) groups excluding carboxylic acids is 1. The molecule has 0 N–H and O–H groups in total. The second-order valence-electron chi connectivity index (χ2n) is 6.31. The van der Waals surface area contributed by atoms with Crippen molar-refractivity contribution in [1.29, 1.82) is 0 Å². The molecule has 0 atom stereocenters. The van der Waals surface area contributed by atoms with E-state index in [2.05, 4.69) is 17.5 Å². The van der Waals surface area contributed by atoms with E-state index in [0.29, 0.717) is 12.3 Å². The molecule has 4 heteroatoms. The molecule has 3 heterocycles. The van der Waals surface area contributed by atoms with E-state index in [0.717, 1.165) is 25.1 Å². The first-order chi connectivity index (χ1) is 10.3. The molecule has 106 valence electrons. The van der Waals surface area contributed by atoms with Crippen LogP contribution >= 0.6 is 11.3 Å². The normalized spacial score (nSPS) is 20.0. The molecule has 0 spiro atoms. The number of aromatic nitrogens is 1. The number of benzene rings is 1. The number of hydrogen-bond donors (Lipinski definition) is 0. The number of aryl methyl sites for hydroxylation is 1. The molecule has 1 aromatic heterocycles. The molecule has 2 aromatic rings. The summed E-state index contributed by atoms with van der Waals surface area (Å²) in [7, 11) is 0. The van der Waals surface area contributed by atoms with Gasteiger partial charge in [-0.2, -0.15) is 0 Å². The number of hydrogen-bond acceptors (Lipinski definition) is 3. The van der Waals surface area contributed by atoms with Crippen LogP contribution in [0.2, 0.25) is 0 Å². The number of carbonyl (C=O) groups is 1. The van der Waals surface area contributed by atoms with E-state index in [9.17, 15) is 4.79 Å². The van der Waals surface area contributed by atoms with Gasteiger partial charge in [-0.05, 0) is 48.9 Å². The predicted octanol–water partition coefficient (Wildman–Crippen LogP) is 3.52. The lowest BCUT2D eigenvalue weighted by Crippen LogP contribution is -2.31. The number of rotatable bonds is 2. The largest absolute Gasteiger partial charge is 0.312 e. The molecule has 0 saturated heterocycles. The lowest BCUT2D eigenvalue weighted by atomic mass is 9.96. The van der Waals surface area contributed by atoms with Gasteiger partial charge in [-0.1, -0.05) is 0 Å². The van der Waals surface area contributed by atoms with Crippen LogP contribution in [0.1, 0.15) is 41.3 Å². The number of thiazole rings is 1. The van der Waals surface area contributed by atoms with Gasteiger partial charge in [0.2, 0.25) is 5.91 Å². The molecule has 0 unspecified atom stereocenters. The van der Waals surface area contributed by atoms with Gasteiger partial charge in [-0.15, -0.1) is 11.3 Å². The number of nitrogens with zero attached hydrogens (tertiary/aromatic N) is 2. The van der Waals surface area contributed by atoms with Crippen molar-refractivity contribution in [3.8, 4) is 11.3 Å². The van der Waals surface area contributed by atoms with Gasteiger partial charge >= 0.3 is 0 Å². The first-order valence-corrected chi connectivity index (χ1v) is 8.59. The van der Waals surface area contributed by atoms with Crippen molar-refractivity contribution in [2.24, 2.45) is 0 Å². The van der Waals surface area contributed by atoms with Crippen molar-refractivity contribution >= 4 is 22.9 Å². The Balaban J connectivity index is 1.62. The average Bonchev–Trinajstić information content (AvgIpc) is 3.14. The highest BCUT2D eigenvalue weighted by atomic mass is 32.1. The predicted molar refractivity (Wildman–Crippen MR) is 83.9 cm³/mol. The van der Waals surface area contributed by atoms with Crippen molar-refractivity contribution in [2.75, 3.05) is 11.4 Å². The maximum absolute atomic E-state index is 12.1. The van der Waals surface area contributed by atoms with Crippen molar-refractivity contribution in [1.82, 2.24) is 4.98 Å². The molecule has 21 heavy (non-hydrogen) atoms. The van der Waals surface area contributed by atoms with E-state index in [-0.39, 0.29) is 5.91 Å². The zero-order chi connectivity index (χ0) is 14.0. The summed E-state index contributed by atoms with van der Waals surface area (Å²) in [5.74, 6) is 0.980. The topological polar surface area (TPSA) is 33.2 Å². The fourth-order valence-corrected chi connectivity index (χ4v) is 4.57. The van der Waals surface area contributed by atoms with E-state index in [4.69, 9.17) is 4.98 Å². The lowest BCUT2D eigenvalue weighted by molar-refractivity contribution is -0.117. The maximum atomic E-state index is 12.1. The van der Waals surface area contributed by atoms with E-state index in [1.54, 1.807) is 11.3 Å². The van der Waals surface area contributed by atoms with Crippen molar-refractivity contribution < 1.29 is 4.79 Å². The summed E-state index contributed by atoms with van der Waals surface area (Å²) in [6.07, 6.45) is 5.32. The molecular weight excluding hydrogens is 280 g/mol. The van der Waals surface area contributed by atoms with Gasteiger partial charge in [0.05, 0.1) is 22.8 Å². The molecule has 3 nitrogen and oxygen atoms in total. The van der Waals surface area contributed by atoms with Gasteiger partial charge in [-0.3, -0.25) is 4.79 Å². The molecule has 1 amide bonds. The summed E-state index contributed by atoms with van der Waals surface area (Å²) in [6, 6.07) is 4.45. The van der Waals surface area contributed by atoms with Gasteiger partial charge in [0.15, 0.2) is 0 Å². The molecule has 0 radical (unpaired) electrons. The van der Waals surface area contributed by atoms with E-state index < -0.39 is 0 Å². The molecule has 1 aliphatic carbocycles. The third-order valence-corrected chi connectivity index (χ3v) is 5.76. The van der Waals surface area contributed by atoms with Gasteiger partial charge in [-0.25, -0.2) is 4.98 Å². The van der Waals surface area contributed by atoms with Crippen LogP contribution in [0.3, 0.4) is 0 Å². The highest BCUT2D eigenvalue weighted by Crippen LogP contribution is 2.44. The highest BCUT2D eigenvalue weighted by Gasteiger charge is 2.33. The Labute approximate surface area is 127 Å². The quantitative estimate of drug-likeness (QED) is 0.849. The SMILES string of the molecule is O=C1Cc2cc(-c3csc(C4CC4)n3)cc3c2N1CCC3. The van der Waals surface area contributed by atoms with Crippen LogP contribution in [0.5, 0.6) is 0 Å². The molecule has 5 rings (SSSR count). The summed E-state index contributed by atoms with van der Waals surface area (Å²) < 4.78 is 0. The summed E-state index contributed by atoms with van der Waals surface area (Å²) in [4.78, 5) is 18.9.